The molecule has 1 aliphatic heterocycles. The highest BCUT2D eigenvalue weighted by Crippen LogP contribution is 2.45. The fraction of sp³-hybridized carbons (Fsp3) is 0.118. The number of Topliss-reactive ketones (excluding diaryl/α,β-unsaturated/α-hetero) is 1. The minimum atomic E-state index is -0.985. The second-order valence-electron chi connectivity index (χ2n) is 10.4. The van der Waals surface area contributed by atoms with E-state index < -0.39 is 17.7 Å². The Labute approximate surface area is 278 Å². The average Bonchev–Trinajstić information content (AvgIpc) is 3.60. The Balaban J connectivity index is 1.41. The maximum absolute atomic E-state index is 13.7. The van der Waals surface area contributed by atoms with E-state index in [4.69, 9.17) is 27.9 Å². The molecule has 226 valence electrons. The van der Waals surface area contributed by atoms with E-state index in [2.05, 4.69) is 10.2 Å². The molecule has 6 rings (SSSR count). The molecular weight excluding hydrogens is 649 g/mol. The highest BCUT2D eigenvalue weighted by Gasteiger charge is 2.48. The van der Waals surface area contributed by atoms with Gasteiger partial charge in [-0.15, -0.1) is 10.2 Å². The van der Waals surface area contributed by atoms with E-state index in [1.54, 1.807) is 42.5 Å². The third kappa shape index (κ3) is 6.48. The van der Waals surface area contributed by atoms with E-state index in [9.17, 15) is 14.7 Å². The molecule has 0 aliphatic carbocycles. The molecule has 0 radical (unpaired) electrons. The van der Waals surface area contributed by atoms with Gasteiger partial charge >= 0.3 is 5.91 Å². The number of carbonyl (C=O) groups is 2. The van der Waals surface area contributed by atoms with Gasteiger partial charge in [-0.1, -0.05) is 100 Å². The van der Waals surface area contributed by atoms with Crippen molar-refractivity contribution in [1.29, 1.82) is 0 Å². The van der Waals surface area contributed by atoms with Crippen LogP contribution in [0.1, 0.15) is 33.9 Å². The molecule has 1 saturated heterocycles. The number of aryl methyl sites for hydroxylation is 2. The van der Waals surface area contributed by atoms with Crippen LogP contribution in [0.15, 0.2) is 101 Å². The Morgan fingerprint density at radius 2 is 1.71 bits per heavy atom. The summed E-state index contributed by atoms with van der Waals surface area (Å²) in [6.45, 7) is 3.74. The number of hydrogen-bond donors (Lipinski definition) is 1. The first-order chi connectivity index (χ1) is 21.7. The van der Waals surface area contributed by atoms with Crippen molar-refractivity contribution in [2.45, 2.75) is 30.0 Å². The van der Waals surface area contributed by atoms with Crippen molar-refractivity contribution in [3.63, 3.8) is 0 Å². The van der Waals surface area contributed by atoms with Gasteiger partial charge in [0.2, 0.25) is 5.13 Å². The van der Waals surface area contributed by atoms with Gasteiger partial charge in [0, 0.05) is 21.4 Å². The number of benzene rings is 4. The number of carbonyl (C=O) groups excluding carboxylic acids is 2. The number of hydrogen-bond acceptors (Lipinski definition) is 8. The van der Waals surface area contributed by atoms with Gasteiger partial charge in [0.05, 0.1) is 11.6 Å². The zero-order chi connectivity index (χ0) is 31.7. The first-order valence-corrected chi connectivity index (χ1v) is 16.4. The lowest BCUT2D eigenvalue weighted by Gasteiger charge is -2.23. The standard InChI is InChI=1S/C34H25Cl2N3O4S2/c1-19-11-12-20(2)26(15-19)30(40)28-29(21-7-6-10-25(16-21)43-24-8-4-3-5-9-24)39(32(42)31(28)41)33-37-38-34(45-33)44-18-22-13-14-23(35)17-27(22)36/h3-17,29,40H,18H2,1-2H3. The molecule has 45 heavy (non-hydrogen) atoms. The molecule has 1 unspecified atom stereocenters. The fourth-order valence-electron chi connectivity index (χ4n) is 4.99. The van der Waals surface area contributed by atoms with Gasteiger partial charge in [-0.25, -0.2) is 0 Å². The topological polar surface area (TPSA) is 92.6 Å². The van der Waals surface area contributed by atoms with Gasteiger partial charge in [0.15, 0.2) is 4.34 Å². The molecule has 1 N–H and O–H groups in total. The molecule has 1 aliphatic rings. The summed E-state index contributed by atoms with van der Waals surface area (Å²) in [5.74, 6) is -0.249. The van der Waals surface area contributed by atoms with Crippen molar-refractivity contribution in [2.24, 2.45) is 0 Å². The minimum Gasteiger partial charge on any atom is -0.507 e. The summed E-state index contributed by atoms with van der Waals surface area (Å²) < 4.78 is 6.65. The molecular formula is C34H25Cl2N3O4S2. The summed E-state index contributed by atoms with van der Waals surface area (Å²) in [5.41, 5.74) is 3.53. The molecule has 2 heterocycles. The Morgan fingerprint density at radius 1 is 0.933 bits per heavy atom. The number of ketones is 1. The van der Waals surface area contributed by atoms with Gasteiger partial charge in [0.25, 0.3) is 5.78 Å². The summed E-state index contributed by atoms with van der Waals surface area (Å²) in [4.78, 5) is 28.8. The molecule has 11 heteroatoms. The molecule has 1 fully saturated rings. The molecule has 5 aromatic rings. The minimum absolute atomic E-state index is 0.0390. The van der Waals surface area contributed by atoms with Crippen molar-refractivity contribution >= 4 is 68.9 Å². The van der Waals surface area contributed by atoms with Gasteiger partial charge < -0.3 is 9.84 Å². The van der Waals surface area contributed by atoms with Crippen LogP contribution < -0.4 is 9.64 Å². The number of halogens is 2. The third-order valence-electron chi connectivity index (χ3n) is 7.21. The first-order valence-electron chi connectivity index (χ1n) is 13.8. The molecule has 0 spiro atoms. The number of nitrogens with zero attached hydrogens (tertiary/aromatic N) is 3. The monoisotopic (exact) mass is 673 g/mol. The Hall–Kier alpha value is -4.15. The predicted molar refractivity (Wildman–Crippen MR) is 180 cm³/mol. The maximum Gasteiger partial charge on any atom is 0.301 e. The summed E-state index contributed by atoms with van der Waals surface area (Å²) in [7, 11) is 0. The van der Waals surface area contributed by atoms with Crippen LogP contribution in [-0.2, 0) is 15.3 Å². The van der Waals surface area contributed by atoms with E-state index in [-0.39, 0.29) is 16.5 Å². The summed E-state index contributed by atoms with van der Waals surface area (Å²) in [6, 6.07) is 26.3. The number of para-hydroxylation sites is 1. The molecule has 1 atom stereocenters. The van der Waals surface area contributed by atoms with Crippen LogP contribution in [0.4, 0.5) is 5.13 Å². The fourth-order valence-corrected chi connectivity index (χ4v) is 7.42. The van der Waals surface area contributed by atoms with Crippen molar-refractivity contribution in [1.82, 2.24) is 10.2 Å². The largest absolute Gasteiger partial charge is 0.507 e. The van der Waals surface area contributed by atoms with Crippen LogP contribution in [0.5, 0.6) is 11.5 Å². The first kappa shape index (κ1) is 30.9. The van der Waals surface area contributed by atoms with Crippen molar-refractivity contribution < 1.29 is 19.4 Å². The van der Waals surface area contributed by atoms with Gasteiger partial charge in [0.1, 0.15) is 17.3 Å². The van der Waals surface area contributed by atoms with E-state index in [1.807, 2.05) is 62.4 Å². The third-order valence-corrected chi connectivity index (χ3v) is 9.91. The number of thioether (sulfide) groups is 1. The van der Waals surface area contributed by atoms with Crippen LogP contribution in [0.25, 0.3) is 5.76 Å². The van der Waals surface area contributed by atoms with Gasteiger partial charge in [-0.2, -0.15) is 0 Å². The van der Waals surface area contributed by atoms with Crippen molar-refractivity contribution in [2.75, 3.05) is 4.90 Å². The second-order valence-corrected chi connectivity index (χ2v) is 13.4. The quantitative estimate of drug-likeness (QED) is 0.0577. The molecule has 4 aromatic carbocycles. The van der Waals surface area contributed by atoms with E-state index in [0.717, 1.165) is 16.7 Å². The van der Waals surface area contributed by atoms with Crippen molar-refractivity contribution in [3.8, 4) is 11.5 Å². The summed E-state index contributed by atoms with van der Waals surface area (Å²) >= 11 is 15.0. The number of rotatable bonds is 8. The van der Waals surface area contributed by atoms with Gasteiger partial charge in [-0.3, -0.25) is 14.5 Å². The van der Waals surface area contributed by atoms with E-state index in [1.165, 1.54) is 28.0 Å². The van der Waals surface area contributed by atoms with Crippen LogP contribution in [-0.4, -0.2) is 27.0 Å². The SMILES string of the molecule is Cc1ccc(C)c(C(O)=C2C(=O)C(=O)N(c3nnc(SCc4ccc(Cl)cc4Cl)s3)C2c2cccc(Oc3ccccc3)c2)c1. The zero-order valence-corrected chi connectivity index (χ0v) is 27.2. The number of aliphatic hydroxyl groups excluding tert-OH is 1. The number of amides is 1. The lowest BCUT2D eigenvalue weighted by Crippen LogP contribution is -2.29. The predicted octanol–water partition coefficient (Wildman–Crippen LogP) is 9.17. The maximum atomic E-state index is 13.7. The smallest absolute Gasteiger partial charge is 0.301 e. The van der Waals surface area contributed by atoms with Crippen LogP contribution in [0.3, 0.4) is 0 Å². The molecule has 1 aromatic heterocycles. The number of aliphatic hydroxyl groups is 1. The van der Waals surface area contributed by atoms with Gasteiger partial charge in [-0.05, 0) is 73.0 Å². The molecule has 0 bridgehead atoms. The van der Waals surface area contributed by atoms with E-state index >= 15 is 0 Å². The van der Waals surface area contributed by atoms with Crippen LogP contribution in [0.2, 0.25) is 10.0 Å². The zero-order valence-electron chi connectivity index (χ0n) is 24.0. The molecule has 1 amide bonds. The average molecular weight is 675 g/mol. The highest BCUT2D eigenvalue weighted by molar-refractivity contribution is 8.00. The lowest BCUT2D eigenvalue weighted by atomic mass is 9.93. The lowest BCUT2D eigenvalue weighted by molar-refractivity contribution is -0.132. The summed E-state index contributed by atoms with van der Waals surface area (Å²) in [5, 5.41) is 21.6. The van der Waals surface area contributed by atoms with Crippen LogP contribution in [0, 0.1) is 13.8 Å². The molecule has 7 nitrogen and oxygen atoms in total. The second kappa shape index (κ2) is 13.1. The van der Waals surface area contributed by atoms with E-state index in [0.29, 0.717) is 42.8 Å². The Morgan fingerprint density at radius 3 is 2.49 bits per heavy atom. The number of anilines is 1. The van der Waals surface area contributed by atoms with Crippen LogP contribution >= 0.6 is 46.3 Å². The van der Waals surface area contributed by atoms with Crippen molar-refractivity contribution in [3.05, 3.63) is 134 Å². The number of ether oxygens (including phenoxy) is 1. The highest BCUT2D eigenvalue weighted by atomic mass is 35.5. The summed E-state index contributed by atoms with van der Waals surface area (Å²) in [6.07, 6.45) is 0. The molecule has 0 saturated carbocycles. The number of aromatic nitrogens is 2. The Kier molecular flexibility index (Phi) is 8.96. The Bertz CT molecular complexity index is 1960. The normalized spacial score (nSPS) is 15.9.